The average molecular weight is 285 g/mol. The highest BCUT2D eigenvalue weighted by Gasteiger charge is 2.08. The first-order chi connectivity index (χ1) is 10.2. The number of nitrogens with zero attached hydrogens (tertiary/aromatic N) is 2. The molecule has 0 fully saturated rings. The second-order valence-corrected chi connectivity index (χ2v) is 5.12. The van der Waals surface area contributed by atoms with Crippen LogP contribution in [0.1, 0.15) is 28.3 Å². The van der Waals surface area contributed by atoms with Crippen molar-refractivity contribution in [3.63, 3.8) is 0 Å². The summed E-state index contributed by atoms with van der Waals surface area (Å²) in [5.74, 6) is 0.886. The van der Waals surface area contributed by atoms with Gasteiger partial charge in [0.15, 0.2) is 0 Å². The van der Waals surface area contributed by atoms with E-state index in [2.05, 4.69) is 41.3 Å². The molecule has 2 aromatic rings. The number of aromatic nitrogens is 2. The van der Waals surface area contributed by atoms with Crippen LogP contribution in [0.5, 0.6) is 0 Å². The van der Waals surface area contributed by atoms with Gasteiger partial charge in [0.1, 0.15) is 5.82 Å². The van der Waals surface area contributed by atoms with Gasteiger partial charge in [0.05, 0.1) is 6.61 Å². The Bertz CT molecular complexity index is 546. The summed E-state index contributed by atoms with van der Waals surface area (Å²) in [6, 6.07) is 10.3. The number of methoxy groups -OCH3 is 1. The molecule has 0 aliphatic rings. The fourth-order valence-electron chi connectivity index (χ4n) is 2.31. The van der Waals surface area contributed by atoms with Gasteiger partial charge in [-0.3, -0.25) is 0 Å². The number of hydrogen-bond acceptors (Lipinski definition) is 4. The summed E-state index contributed by atoms with van der Waals surface area (Å²) in [5, 5.41) is 3.35. The van der Waals surface area contributed by atoms with Gasteiger partial charge in [-0.05, 0) is 19.4 Å². The highest BCUT2D eigenvalue weighted by atomic mass is 16.5. The van der Waals surface area contributed by atoms with E-state index in [9.17, 15) is 0 Å². The molecule has 0 spiro atoms. The first kappa shape index (κ1) is 15.6. The lowest BCUT2D eigenvalue weighted by Gasteiger charge is -2.12. The third-order valence-corrected chi connectivity index (χ3v) is 3.46. The van der Waals surface area contributed by atoms with Crippen molar-refractivity contribution in [2.24, 2.45) is 0 Å². The molecule has 0 atom stereocenters. The Hall–Kier alpha value is -1.78. The van der Waals surface area contributed by atoms with Gasteiger partial charge in [-0.2, -0.15) is 0 Å². The molecule has 0 radical (unpaired) electrons. The minimum absolute atomic E-state index is 0.713. The zero-order chi connectivity index (χ0) is 15.1. The number of hydrogen-bond donors (Lipinski definition) is 1. The minimum atomic E-state index is 0.713. The van der Waals surface area contributed by atoms with Crippen molar-refractivity contribution in [3.05, 3.63) is 58.7 Å². The molecule has 0 unspecified atom stereocenters. The molecular weight excluding hydrogens is 262 g/mol. The lowest BCUT2D eigenvalue weighted by molar-refractivity contribution is 0.199. The molecule has 1 aromatic carbocycles. The molecule has 0 saturated carbocycles. The molecule has 0 amide bonds. The van der Waals surface area contributed by atoms with E-state index < -0.39 is 0 Å². The van der Waals surface area contributed by atoms with Gasteiger partial charge in [0.2, 0.25) is 0 Å². The van der Waals surface area contributed by atoms with Crippen LogP contribution in [0.2, 0.25) is 0 Å². The number of ether oxygens (including phenoxy) is 1. The Kier molecular flexibility index (Phi) is 5.84. The summed E-state index contributed by atoms with van der Waals surface area (Å²) < 4.78 is 5.03. The fraction of sp³-hybridized carbons (Fsp3) is 0.412. The van der Waals surface area contributed by atoms with Crippen LogP contribution >= 0.6 is 0 Å². The molecule has 112 valence electrons. The van der Waals surface area contributed by atoms with E-state index in [-0.39, 0.29) is 0 Å². The Labute approximate surface area is 126 Å². The van der Waals surface area contributed by atoms with Gasteiger partial charge in [-0.15, -0.1) is 0 Å². The smallest absolute Gasteiger partial charge is 0.133 e. The van der Waals surface area contributed by atoms with Crippen molar-refractivity contribution >= 4 is 0 Å². The number of aryl methyl sites for hydroxylation is 2. The molecule has 0 aliphatic heterocycles. The predicted molar refractivity (Wildman–Crippen MR) is 84.3 cm³/mol. The zero-order valence-corrected chi connectivity index (χ0v) is 13.0. The normalized spacial score (nSPS) is 10.8. The molecule has 0 aliphatic carbocycles. The molecule has 4 heteroatoms. The molecule has 2 rings (SSSR count). The lowest BCUT2D eigenvalue weighted by atomic mass is 10.1. The molecule has 1 aromatic heterocycles. The standard InChI is InChI=1S/C17H23N3O/c1-13-16(12-18-9-10-21-3)14(2)20-17(19-13)11-15-7-5-4-6-8-15/h4-8,18H,9-12H2,1-3H3. The SMILES string of the molecule is COCCNCc1c(C)nc(Cc2ccccc2)nc1C. The summed E-state index contributed by atoms with van der Waals surface area (Å²) in [5.41, 5.74) is 4.53. The molecular formula is C17H23N3O. The average Bonchev–Trinajstić information content (AvgIpc) is 2.47. The quantitative estimate of drug-likeness (QED) is 0.794. The minimum Gasteiger partial charge on any atom is -0.383 e. The van der Waals surface area contributed by atoms with Crippen LogP contribution in [-0.2, 0) is 17.7 Å². The summed E-state index contributed by atoms with van der Waals surface area (Å²) in [7, 11) is 1.71. The van der Waals surface area contributed by atoms with E-state index >= 15 is 0 Å². The van der Waals surface area contributed by atoms with Crippen LogP contribution in [-0.4, -0.2) is 30.2 Å². The van der Waals surface area contributed by atoms with Gasteiger partial charge >= 0.3 is 0 Å². The van der Waals surface area contributed by atoms with Crippen molar-refractivity contribution in [2.75, 3.05) is 20.3 Å². The Morgan fingerprint density at radius 2 is 1.71 bits per heavy atom. The second kappa shape index (κ2) is 7.86. The Morgan fingerprint density at radius 1 is 1.05 bits per heavy atom. The van der Waals surface area contributed by atoms with Crippen molar-refractivity contribution in [1.82, 2.24) is 15.3 Å². The van der Waals surface area contributed by atoms with Crippen LogP contribution in [0.3, 0.4) is 0 Å². The summed E-state index contributed by atoms with van der Waals surface area (Å²) in [6.45, 7) is 6.44. The van der Waals surface area contributed by atoms with Crippen LogP contribution in [0.4, 0.5) is 0 Å². The van der Waals surface area contributed by atoms with Crippen molar-refractivity contribution in [3.8, 4) is 0 Å². The summed E-state index contributed by atoms with van der Waals surface area (Å²) >= 11 is 0. The van der Waals surface area contributed by atoms with E-state index in [1.54, 1.807) is 7.11 Å². The fourth-order valence-corrected chi connectivity index (χ4v) is 2.31. The first-order valence-corrected chi connectivity index (χ1v) is 7.27. The van der Waals surface area contributed by atoms with Gasteiger partial charge in [0.25, 0.3) is 0 Å². The van der Waals surface area contributed by atoms with Crippen molar-refractivity contribution in [2.45, 2.75) is 26.8 Å². The van der Waals surface area contributed by atoms with Crippen LogP contribution < -0.4 is 5.32 Å². The Morgan fingerprint density at radius 3 is 2.33 bits per heavy atom. The largest absolute Gasteiger partial charge is 0.383 e. The third-order valence-electron chi connectivity index (χ3n) is 3.46. The maximum atomic E-state index is 5.03. The molecule has 1 N–H and O–H groups in total. The number of nitrogens with one attached hydrogen (secondary N) is 1. The van der Waals surface area contributed by atoms with Crippen molar-refractivity contribution in [1.29, 1.82) is 0 Å². The third kappa shape index (κ3) is 4.62. The monoisotopic (exact) mass is 285 g/mol. The van der Waals surface area contributed by atoms with E-state index in [1.165, 1.54) is 11.1 Å². The predicted octanol–water partition coefficient (Wildman–Crippen LogP) is 2.42. The first-order valence-electron chi connectivity index (χ1n) is 7.27. The van der Waals surface area contributed by atoms with Crippen LogP contribution in [0, 0.1) is 13.8 Å². The van der Waals surface area contributed by atoms with E-state index in [0.717, 1.165) is 36.7 Å². The van der Waals surface area contributed by atoms with Crippen LogP contribution in [0.15, 0.2) is 30.3 Å². The maximum Gasteiger partial charge on any atom is 0.133 e. The van der Waals surface area contributed by atoms with Crippen LogP contribution in [0.25, 0.3) is 0 Å². The highest BCUT2D eigenvalue weighted by molar-refractivity contribution is 5.26. The topological polar surface area (TPSA) is 47.0 Å². The molecule has 0 bridgehead atoms. The number of rotatable bonds is 7. The molecule has 1 heterocycles. The maximum absolute atomic E-state index is 5.03. The van der Waals surface area contributed by atoms with E-state index in [0.29, 0.717) is 6.61 Å². The van der Waals surface area contributed by atoms with E-state index in [4.69, 9.17) is 4.74 Å². The molecule has 0 saturated heterocycles. The van der Waals surface area contributed by atoms with Gasteiger partial charge in [-0.25, -0.2) is 9.97 Å². The highest BCUT2D eigenvalue weighted by Crippen LogP contribution is 2.12. The van der Waals surface area contributed by atoms with Gasteiger partial charge < -0.3 is 10.1 Å². The summed E-state index contributed by atoms with van der Waals surface area (Å²) in [4.78, 5) is 9.29. The van der Waals surface area contributed by atoms with Gasteiger partial charge in [-0.1, -0.05) is 30.3 Å². The Balaban J connectivity index is 2.06. The lowest BCUT2D eigenvalue weighted by Crippen LogP contribution is -2.20. The molecule has 4 nitrogen and oxygen atoms in total. The number of benzene rings is 1. The zero-order valence-electron chi connectivity index (χ0n) is 13.0. The second-order valence-electron chi connectivity index (χ2n) is 5.12. The van der Waals surface area contributed by atoms with Crippen molar-refractivity contribution < 1.29 is 4.74 Å². The van der Waals surface area contributed by atoms with Gasteiger partial charge in [0, 0.05) is 43.6 Å². The van der Waals surface area contributed by atoms with E-state index in [1.807, 2.05) is 18.2 Å². The molecule has 21 heavy (non-hydrogen) atoms. The summed E-state index contributed by atoms with van der Waals surface area (Å²) in [6.07, 6.45) is 0.778.